The van der Waals surface area contributed by atoms with Crippen LogP contribution in [0.1, 0.15) is 5.56 Å². The number of thioether (sulfide) groups is 1. The van der Waals surface area contributed by atoms with Gasteiger partial charge in [-0.3, -0.25) is 4.79 Å². The highest BCUT2D eigenvalue weighted by Crippen LogP contribution is 2.43. The SMILES string of the molecule is CSc1c(C(F)(F)F)ccc(Cl)c1NC(=O)C(F)(F)F. The number of halogens is 7. The third-order valence-electron chi connectivity index (χ3n) is 2.11. The maximum absolute atomic E-state index is 12.7. The highest BCUT2D eigenvalue weighted by molar-refractivity contribution is 7.98. The number of hydrogen-bond donors (Lipinski definition) is 1. The zero-order valence-electron chi connectivity index (χ0n) is 9.62. The van der Waals surface area contributed by atoms with Crippen LogP contribution < -0.4 is 5.32 Å². The van der Waals surface area contributed by atoms with Crippen LogP contribution in [0, 0.1) is 0 Å². The third kappa shape index (κ3) is 3.72. The topological polar surface area (TPSA) is 29.1 Å². The van der Waals surface area contributed by atoms with E-state index in [0.29, 0.717) is 17.8 Å². The van der Waals surface area contributed by atoms with Crippen LogP contribution >= 0.6 is 23.4 Å². The zero-order chi connectivity index (χ0) is 15.7. The molecular weight excluding hydrogens is 332 g/mol. The standard InChI is InChI=1S/C10H6ClF6NOS/c1-20-7-4(9(12,13)14)2-3-5(11)6(7)18-8(19)10(15,16)17/h2-3H,1H3,(H,18,19). The lowest BCUT2D eigenvalue weighted by atomic mass is 10.2. The van der Waals surface area contributed by atoms with Crippen molar-refractivity contribution in [3.8, 4) is 0 Å². The van der Waals surface area contributed by atoms with Crippen molar-refractivity contribution in [1.29, 1.82) is 0 Å². The highest BCUT2D eigenvalue weighted by atomic mass is 35.5. The number of nitrogens with one attached hydrogen (secondary N) is 1. The van der Waals surface area contributed by atoms with Crippen molar-refractivity contribution < 1.29 is 31.1 Å². The Labute approximate surface area is 118 Å². The summed E-state index contributed by atoms with van der Waals surface area (Å²) in [5, 5.41) is 0.949. The molecule has 112 valence electrons. The van der Waals surface area contributed by atoms with Gasteiger partial charge in [0.2, 0.25) is 0 Å². The van der Waals surface area contributed by atoms with Crippen LogP contribution in [0.2, 0.25) is 5.02 Å². The number of carbonyl (C=O) groups is 1. The van der Waals surface area contributed by atoms with Crippen molar-refractivity contribution in [2.45, 2.75) is 17.2 Å². The van der Waals surface area contributed by atoms with Crippen molar-refractivity contribution >= 4 is 35.0 Å². The molecule has 0 bridgehead atoms. The van der Waals surface area contributed by atoms with E-state index in [9.17, 15) is 31.1 Å². The van der Waals surface area contributed by atoms with Gasteiger partial charge in [0.05, 0.1) is 16.3 Å². The van der Waals surface area contributed by atoms with Crippen molar-refractivity contribution in [3.05, 3.63) is 22.7 Å². The zero-order valence-corrected chi connectivity index (χ0v) is 11.2. The second-order valence-electron chi connectivity index (χ2n) is 3.45. The van der Waals surface area contributed by atoms with Gasteiger partial charge in [0.25, 0.3) is 0 Å². The van der Waals surface area contributed by atoms with E-state index in [1.807, 2.05) is 0 Å². The monoisotopic (exact) mass is 337 g/mol. The summed E-state index contributed by atoms with van der Waals surface area (Å²) in [6.45, 7) is 0. The molecule has 0 fully saturated rings. The van der Waals surface area contributed by atoms with Gasteiger partial charge < -0.3 is 5.32 Å². The molecule has 0 unspecified atom stereocenters. The summed E-state index contributed by atoms with van der Waals surface area (Å²) in [6, 6.07) is 1.41. The smallest absolute Gasteiger partial charge is 0.316 e. The predicted octanol–water partition coefficient (Wildman–Crippen LogP) is 4.58. The predicted molar refractivity (Wildman–Crippen MR) is 62.9 cm³/mol. The van der Waals surface area contributed by atoms with Crippen LogP contribution in [0.5, 0.6) is 0 Å². The van der Waals surface area contributed by atoms with E-state index < -0.39 is 39.4 Å². The summed E-state index contributed by atoms with van der Waals surface area (Å²) >= 11 is 6.09. The van der Waals surface area contributed by atoms with Crippen molar-refractivity contribution in [1.82, 2.24) is 0 Å². The minimum Gasteiger partial charge on any atom is -0.316 e. The number of benzene rings is 1. The molecule has 1 amide bonds. The molecule has 0 aromatic heterocycles. The van der Waals surface area contributed by atoms with Crippen LogP contribution in [0.25, 0.3) is 0 Å². The van der Waals surface area contributed by atoms with Crippen LogP contribution in [-0.4, -0.2) is 18.3 Å². The molecular formula is C10H6ClF6NOS. The molecule has 0 radical (unpaired) electrons. The molecule has 2 nitrogen and oxygen atoms in total. The first-order chi connectivity index (χ1) is 8.98. The fourth-order valence-electron chi connectivity index (χ4n) is 1.29. The van der Waals surface area contributed by atoms with Gasteiger partial charge in [0.15, 0.2) is 0 Å². The minimum atomic E-state index is -5.23. The first kappa shape index (κ1) is 17.0. The molecule has 1 rings (SSSR count). The Balaban J connectivity index is 3.35. The second-order valence-corrected chi connectivity index (χ2v) is 4.68. The van der Waals surface area contributed by atoms with Crippen molar-refractivity contribution in [3.63, 3.8) is 0 Å². The summed E-state index contributed by atoms with van der Waals surface area (Å²) in [6.07, 6.45) is -8.78. The Morgan fingerprint density at radius 3 is 2.15 bits per heavy atom. The Morgan fingerprint density at radius 1 is 1.20 bits per heavy atom. The Bertz CT molecular complexity index is 528. The van der Waals surface area contributed by atoms with Crippen LogP contribution in [-0.2, 0) is 11.0 Å². The maximum atomic E-state index is 12.7. The number of carbonyl (C=O) groups excluding carboxylic acids is 1. The average Bonchev–Trinajstić information content (AvgIpc) is 2.28. The molecule has 1 N–H and O–H groups in total. The van der Waals surface area contributed by atoms with E-state index >= 15 is 0 Å². The summed E-state index contributed by atoms with van der Waals surface area (Å²) in [4.78, 5) is 10.2. The minimum absolute atomic E-state index is 0.417. The first-order valence-electron chi connectivity index (χ1n) is 4.80. The number of alkyl halides is 6. The molecule has 0 aliphatic carbocycles. The quantitative estimate of drug-likeness (QED) is 0.632. The average molecular weight is 338 g/mol. The van der Waals surface area contributed by atoms with Gasteiger partial charge in [-0.25, -0.2) is 0 Å². The summed E-state index contributed by atoms with van der Waals surface area (Å²) < 4.78 is 74.6. The van der Waals surface area contributed by atoms with Gasteiger partial charge in [-0.2, -0.15) is 26.3 Å². The molecule has 0 aliphatic heterocycles. The molecule has 10 heteroatoms. The molecule has 0 spiro atoms. The van der Waals surface area contributed by atoms with Gasteiger partial charge in [-0.15, -0.1) is 11.8 Å². The second kappa shape index (κ2) is 5.72. The lowest BCUT2D eigenvalue weighted by Gasteiger charge is -2.17. The van der Waals surface area contributed by atoms with E-state index in [1.165, 1.54) is 11.6 Å². The van der Waals surface area contributed by atoms with Gasteiger partial charge in [0, 0.05) is 4.90 Å². The van der Waals surface area contributed by atoms with Crippen LogP contribution in [0.15, 0.2) is 17.0 Å². The molecule has 0 saturated heterocycles. The molecule has 0 saturated carbocycles. The fraction of sp³-hybridized carbons (Fsp3) is 0.300. The summed E-state index contributed by atoms with van der Waals surface area (Å²) in [7, 11) is 0. The van der Waals surface area contributed by atoms with Gasteiger partial charge in [0.1, 0.15) is 0 Å². The summed E-state index contributed by atoms with van der Waals surface area (Å²) in [5.41, 5.74) is -1.89. The Hall–Kier alpha value is -1.09. The lowest BCUT2D eigenvalue weighted by molar-refractivity contribution is -0.167. The maximum Gasteiger partial charge on any atom is 0.471 e. The molecule has 0 aliphatic rings. The lowest BCUT2D eigenvalue weighted by Crippen LogP contribution is -2.30. The molecule has 0 atom stereocenters. The normalized spacial score (nSPS) is 12.4. The molecule has 0 heterocycles. The first-order valence-corrected chi connectivity index (χ1v) is 6.40. The summed E-state index contributed by atoms with van der Waals surface area (Å²) in [5.74, 6) is -2.39. The van der Waals surface area contributed by atoms with Gasteiger partial charge in [-0.05, 0) is 18.4 Å². The Morgan fingerprint density at radius 2 is 1.75 bits per heavy atom. The Kier molecular flexibility index (Phi) is 4.86. The molecule has 1 aromatic carbocycles. The van der Waals surface area contributed by atoms with E-state index in [1.54, 1.807) is 0 Å². The van der Waals surface area contributed by atoms with Crippen molar-refractivity contribution in [2.75, 3.05) is 11.6 Å². The number of rotatable bonds is 2. The van der Waals surface area contributed by atoms with E-state index in [0.717, 1.165) is 6.07 Å². The molecule has 1 aromatic rings. The number of amides is 1. The van der Waals surface area contributed by atoms with Crippen LogP contribution in [0.3, 0.4) is 0 Å². The van der Waals surface area contributed by atoms with Gasteiger partial charge in [-0.1, -0.05) is 11.6 Å². The number of anilines is 1. The van der Waals surface area contributed by atoms with E-state index in [4.69, 9.17) is 11.6 Å². The fourth-order valence-corrected chi connectivity index (χ4v) is 2.32. The third-order valence-corrected chi connectivity index (χ3v) is 3.26. The van der Waals surface area contributed by atoms with Crippen LogP contribution in [0.4, 0.5) is 32.0 Å². The van der Waals surface area contributed by atoms with Crippen molar-refractivity contribution in [2.24, 2.45) is 0 Å². The van der Waals surface area contributed by atoms with Gasteiger partial charge >= 0.3 is 18.3 Å². The number of hydrogen-bond acceptors (Lipinski definition) is 2. The highest BCUT2D eigenvalue weighted by Gasteiger charge is 2.40. The largest absolute Gasteiger partial charge is 0.471 e. The van der Waals surface area contributed by atoms with E-state index in [-0.39, 0.29) is 0 Å². The molecule has 20 heavy (non-hydrogen) atoms. The van der Waals surface area contributed by atoms with E-state index in [2.05, 4.69) is 0 Å².